The Kier molecular flexibility index (Phi) is 3.75. The molecule has 0 bridgehead atoms. The van der Waals surface area contributed by atoms with E-state index in [0.29, 0.717) is 6.61 Å². The molecule has 2 heteroatoms. The van der Waals surface area contributed by atoms with Crippen LogP contribution in [0.15, 0.2) is 42.5 Å². The maximum Gasteiger partial charge on any atom is 0.123 e. The Morgan fingerprint density at radius 2 is 2.05 bits per heavy atom. The highest BCUT2D eigenvalue weighted by molar-refractivity contribution is 5.43. The first-order chi connectivity index (χ1) is 9.74. The van der Waals surface area contributed by atoms with Gasteiger partial charge in [0.1, 0.15) is 12.4 Å². The van der Waals surface area contributed by atoms with Crippen LogP contribution in [0.3, 0.4) is 0 Å². The van der Waals surface area contributed by atoms with Crippen molar-refractivity contribution in [3.8, 4) is 5.75 Å². The van der Waals surface area contributed by atoms with Crippen LogP contribution >= 0.6 is 0 Å². The van der Waals surface area contributed by atoms with Gasteiger partial charge in [0.05, 0.1) is 0 Å². The van der Waals surface area contributed by atoms with E-state index in [0.717, 1.165) is 25.0 Å². The normalized spacial score (nSPS) is 17.6. The van der Waals surface area contributed by atoms with Crippen molar-refractivity contribution in [1.82, 2.24) is 0 Å². The van der Waals surface area contributed by atoms with Crippen molar-refractivity contribution in [2.75, 3.05) is 0 Å². The minimum Gasteiger partial charge on any atom is -0.489 e. The fourth-order valence-corrected chi connectivity index (χ4v) is 2.95. The van der Waals surface area contributed by atoms with Gasteiger partial charge < -0.3 is 10.5 Å². The van der Waals surface area contributed by atoms with E-state index in [1.54, 1.807) is 0 Å². The van der Waals surface area contributed by atoms with Gasteiger partial charge in [-0.1, -0.05) is 42.0 Å². The van der Waals surface area contributed by atoms with Crippen molar-refractivity contribution in [2.45, 2.75) is 38.8 Å². The van der Waals surface area contributed by atoms with Crippen molar-refractivity contribution in [3.63, 3.8) is 0 Å². The highest BCUT2D eigenvalue weighted by atomic mass is 16.5. The average Bonchev–Trinajstić information content (AvgIpc) is 2.46. The zero-order valence-corrected chi connectivity index (χ0v) is 11.9. The molecular formula is C18H21NO. The number of fused-ring (bicyclic) bond motifs is 1. The molecule has 0 saturated heterocycles. The predicted molar refractivity (Wildman–Crippen MR) is 81.8 cm³/mol. The Balaban J connectivity index is 1.80. The number of hydrogen-bond acceptors (Lipinski definition) is 2. The zero-order valence-electron chi connectivity index (χ0n) is 11.9. The lowest BCUT2D eigenvalue weighted by atomic mass is 9.87. The molecule has 20 heavy (non-hydrogen) atoms. The van der Waals surface area contributed by atoms with Crippen LogP contribution in [0.1, 0.15) is 41.1 Å². The number of nitrogens with two attached hydrogens (primary N) is 1. The van der Waals surface area contributed by atoms with Gasteiger partial charge in [-0.15, -0.1) is 0 Å². The number of rotatable bonds is 3. The van der Waals surface area contributed by atoms with Crippen LogP contribution in [0, 0.1) is 6.92 Å². The third kappa shape index (κ3) is 2.70. The van der Waals surface area contributed by atoms with Crippen LogP contribution < -0.4 is 10.5 Å². The van der Waals surface area contributed by atoms with Gasteiger partial charge >= 0.3 is 0 Å². The van der Waals surface area contributed by atoms with Crippen molar-refractivity contribution in [3.05, 3.63) is 64.7 Å². The first-order valence-electron chi connectivity index (χ1n) is 7.30. The number of ether oxygens (including phenoxy) is 1. The molecule has 3 rings (SSSR count). The fraction of sp³-hybridized carbons (Fsp3) is 0.333. The van der Waals surface area contributed by atoms with Crippen LogP contribution in [0.25, 0.3) is 0 Å². The topological polar surface area (TPSA) is 35.2 Å². The van der Waals surface area contributed by atoms with E-state index in [9.17, 15) is 0 Å². The first kappa shape index (κ1) is 13.2. The van der Waals surface area contributed by atoms with Crippen molar-refractivity contribution >= 4 is 0 Å². The van der Waals surface area contributed by atoms with E-state index in [2.05, 4.69) is 49.4 Å². The minimum absolute atomic E-state index is 0.168. The Morgan fingerprint density at radius 3 is 2.90 bits per heavy atom. The van der Waals surface area contributed by atoms with Gasteiger partial charge in [-0.05, 0) is 48.9 Å². The van der Waals surface area contributed by atoms with Crippen LogP contribution in [0.5, 0.6) is 5.75 Å². The molecule has 0 saturated carbocycles. The van der Waals surface area contributed by atoms with Gasteiger partial charge in [0.25, 0.3) is 0 Å². The molecule has 0 heterocycles. The monoisotopic (exact) mass is 267 g/mol. The number of hydrogen-bond donors (Lipinski definition) is 1. The Bertz CT molecular complexity index is 606. The molecule has 1 atom stereocenters. The maximum atomic E-state index is 6.19. The van der Waals surface area contributed by atoms with E-state index in [1.807, 2.05) is 0 Å². The van der Waals surface area contributed by atoms with Gasteiger partial charge in [0, 0.05) is 6.04 Å². The molecule has 0 spiro atoms. The first-order valence-corrected chi connectivity index (χ1v) is 7.30. The summed E-state index contributed by atoms with van der Waals surface area (Å²) in [6, 6.07) is 14.9. The second-order valence-electron chi connectivity index (χ2n) is 5.60. The van der Waals surface area contributed by atoms with E-state index in [-0.39, 0.29) is 6.04 Å². The molecule has 1 unspecified atom stereocenters. The van der Waals surface area contributed by atoms with E-state index in [1.165, 1.54) is 22.3 Å². The van der Waals surface area contributed by atoms with Crippen LogP contribution in [0.4, 0.5) is 0 Å². The quantitative estimate of drug-likeness (QED) is 0.915. The number of benzene rings is 2. The molecule has 2 aromatic carbocycles. The summed E-state index contributed by atoms with van der Waals surface area (Å²) < 4.78 is 6.04. The molecule has 104 valence electrons. The summed E-state index contributed by atoms with van der Waals surface area (Å²) in [5, 5.41) is 0. The predicted octanol–water partition coefficient (Wildman–Crippen LogP) is 3.91. The Morgan fingerprint density at radius 1 is 1.20 bits per heavy atom. The van der Waals surface area contributed by atoms with Gasteiger partial charge in [-0.3, -0.25) is 0 Å². The lowest BCUT2D eigenvalue weighted by Crippen LogP contribution is -2.18. The smallest absolute Gasteiger partial charge is 0.123 e. The third-order valence-corrected chi connectivity index (χ3v) is 3.99. The lowest BCUT2D eigenvalue weighted by Gasteiger charge is -2.24. The summed E-state index contributed by atoms with van der Waals surface area (Å²) >= 11 is 0. The molecular weight excluding hydrogens is 246 g/mol. The summed E-state index contributed by atoms with van der Waals surface area (Å²) in [4.78, 5) is 0. The van der Waals surface area contributed by atoms with E-state index >= 15 is 0 Å². The third-order valence-electron chi connectivity index (χ3n) is 3.99. The highest BCUT2D eigenvalue weighted by Crippen LogP contribution is 2.34. The Hall–Kier alpha value is -1.80. The molecule has 2 aromatic rings. The maximum absolute atomic E-state index is 6.19. The lowest BCUT2D eigenvalue weighted by molar-refractivity contribution is 0.300. The number of aryl methyl sites for hydroxylation is 1. The van der Waals surface area contributed by atoms with Crippen molar-refractivity contribution < 1.29 is 4.74 Å². The largest absolute Gasteiger partial charge is 0.489 e. The van der Waals surface area contributed by atoms with Crippen LogP contribution in [0.2, 0.25) is 0 Å². The van der Waals surface area contributed by atoms with Gasteiger partial charge in [-0.2, -0.15) is 0 Å². The molecule has 2 nitrogen and oxygen atoms in total. The second-order valence-corrected chi connectivity index (χ2v) is 5.60. The van der Waals surface area contributed by atoms with E-state index in [4.69, 9.17) is 10.5 Å². The zero-order chi connectivity index (χ0) is 13.9. The Labute approximate surface area is 120 Å². The summed E-state index contributed by atoms with van der Waals surface area (Å²) in [5.74, 6) is 0.999. The van der Waals surface area contributed by atoms with Gasteiger partial charge in [0.2, 0.25) is 0 Å². The molecule has 0 aromatic heterocycles. The molecule has 2 N–H and O–H groups in total. The molecule has 0 radical (unpaired) electrons. The van der Waals surface area contributed by atoms with Crippen LogP contribution in [-0.4, -0.2) is 0 Å². The van der Waals surface area contributed by atoms with Crippen molar-refractivity contribution in [1.29, 1.82) is 0 Å². The van der Waals surface area contributed by atoms with Crippen molar-refractivity contribution in [2.24, 2.45) is 5.73 Å². The van der Waals surface area contributed by atoms with Gasteiger partial charge in [-0.25, -0.2) is 0 Å². The fourth-order valence-electron chi connectivity index (χ4n) is 2.95. The molecule has 0 amide bonds. The van der Waals surface area contributed by atoms with Gasteiger partial charge in [0.15, 0.2) is 0 Å². The summed E-state index contributed by atoms with van der Waals surface area (Å²) in [6.07, 6.45) is 3.31. The summed E-state index contributed by atoms with van der Waals surface area (Å²) in [5.41, 5.74) is 11.2. The summed E-state index contributed by atoms with van der Waals surface area (Å²) in [6.45, 7) is 2.72. The summed E-state index contributed by atoms with van der Waals surface area (Å²) in [7, 11) is 0. The van der Waals surface area contributed by atoms with Crippen LogP contribution in [-0.2, 0) is 13.0 Å². The second kappa shape index (κ2) is 5.68. The molecule has 0 aliphatic heterocycles. The SMILES string of the molecule is Cc1cccc(COc2cccc3c2CCCC3N)c1. The molecule has 1 aliphatic rings. The van der Waals surface area contributed by atoms with E-state index < -0.39 is 0 Å². The highest BCUT2D eigenvalue weighted by Gasteiger charge is 2.19. The minimum atomic E-state index is 0.168. The molecule has 0 fully saturated rings. The standard InChI is InChI=1S/C18H21NO/c1-13-5-2-6-14(11-13)12-20-18-10-4-7-15-16(18)8-3-9-17(15)19/h2,4-7,10-11,17H,3,8-9,12,19H2,1H3. The average molecular weight is 267 g/mol. The molecule has 1 aliphatic carbocycles.